The molecular formula is C43H24F6N4O5. The molecule has 0 radical (unpaired) electrons. The van der Waals surface area contributed by atoms with Crippen LogP contribution in [0.3, 0.4) is 0 Å². The van der Waals surface area contributed by atoms with Crippen molar-refractivity contribution in [1.82, 2.24) is 15.1 Å². The first-order chi connectivity index (χ1) is 27.5. The van der Waals surface area contributed by atoms with Crippen LogP contribution in [0, 0.1) is 6.92 Å². The number of anilines is 1. The molecule has 3 heterocycles. The van der Waals surface area contributed by atoms with E-state index in [9.17, 15) is 19.2 Å². The van der Waals surface area contributed by atoms with E-state index in [4.69, 9.17) is 4.42 Å². The van der Waals surface area contributed by atoms with Crippen LogP contribution in [-0.4, -0.2) is 58.1 Å². The molecule has 0 atom stereocenters. The standard InChI is InChI=1S/C43H24F6N4O5/c1-21-3-4-23-16-26(7-5-22(23)15-21)35-50-51-36(58-35)27-8-6-25-18-30(12-9-24(25)17-27)53-39(56)32-14-11-29(20-34(32)40(53)57)41(42(44,45)46,43(47,48)49)28-10-13-31-33(19-28)38(55)52(2)37(31)54/h3-20H,1-2H3. The number of alkyl halides is 6. The lowest BCUT2D eigenvalue weighted by atomic mass is 9.71. The van der Waals surface area contributed by atoms with Gasteiger partial charge >= 0.3 is 12.4 Å². The lowest BCUT2D eigenvalue weighted by Crippen LogP contribution is -2.55. The molecule has 4 amide bonds. The summed E-state index contributed by atoms with van der Waals surface area (Å²) >= 11 is 0. The van der Waals surface area contributed by atoms with E-state index in [0.717, 1.165) is 41.1 Å². The van der Waals surface area contributed by atoms with Crippen LogP contribution < -0.4 is 4.90 Å². The molecule has 288 valence electrons. The van der Waals surface area contributed by atoms with Crippen LogP contribution in [-0.2, 0) is 5.41 Å². The Morgan fingerprint density at radius 1 is 0.500 bits per heavy atom. The van der Waals surface area contributed by atoms with Gasteiger partial charge in [-0.2, -0.15) is 26.3 Å². The van der Waals surface area contributed by atoms with Crippen LogP contribution in [0.4, 0.5) is 32.0 Å². The Kier molecular flexibility index (Phi) is 7.81. The summed E-state index contributed by atoms with van der Waals surface area (Å²) in [6.45, 7) is 2.01. The fraction of sp³-hybridized carbons (Fsp3) is 0.116. The lowest BCUT2D eigenvalue weighted by molar-refractivity contribution is -0.288. The Bertz CT molecular complexity index is 2960. The highest BCUT2D eigenvalue weighted by molar-refractivity contribution is 6.34. The molecule has 0 saturated heterocycles. The lowest BCUT2D eigenvalue weighted by Gasteiger charge is -2.38. The molecule has 9 nitrogen and oxygen atoms in total. The van der Waals surface area contributed by atoms with Crippen LogP contribution in [0.15, 0.2) is 114 Å². The molecule has 7 aromatic rings. The number of aryl methyl sites for hydroxylation is 1. The second kappa shape index (κ2) is 12.4. The number of aromatic nitrogens is 2. The fourth-order valence-corrected chi connectivity index (χ4v) is 7.75. The van der Waals surface area contributed by atoms with E-state index in [-0.39, 0.29) is 17.1 Å². The monoisotopic (exact) mass is 790 g/mol. The Morgan fingerprint density at radius 3 is 1.52 bits per heavy atom. The molecule has 0 fully saturated rings. The molecule has 2 aliphatic rings. The fourth-order valence-electron chi connectivity index (χ4n) is 7.75. The summed E-state index contributed by atoms with van der Waals surface area (Å²) < 4.78 is 96.5. The minimum absolute atomic E-state index is 0.0170. The van der Waals surface area contributed by atoms with Crippen molar-refractivity contribution >= 4 is 50.9 Å². The molecule has 0 unspecified atom stereocenters. The third kappa shape index (κ3) is 5.26. The van der Waals surface area contributed by atoms with E-state index in [1.807, 2.05) is 37.3 Å². The topological polar surface area (TPSA) is 114 Å². The maximum atomic E-state index is 15.1. The van der Waals surface area contributed by atoms with Crippen LogP contribution in [0.5, 0.6) is 0 Å². The van der Waals surface area contributed by atoms with Crippen LogP contribution in [0.25, 0.3) is 44.5 Å². The number of carbonyl (C=O) groups is 4. The largest absolute Gasteiger partial charge is 0.416 e. The van der Waals surface area contributed by atoms with Gasteiger partial charge in [0.15, 0.2) is 0 Å². The summed E-state index contributed by atoms with van der Waals surface area (Å²) in [5, 5.41) is 11.6. The van der Waals surface area contributed by atoms with Gasteiger partial charge in [-0.25, -0.2) is 4.90 Å². The smallest absolute Gasteiger partial charge is 0.411 e. The second-order valence-corrected chi connectivity index (χ2v) is 14.1. The molecule has 0 spiro atoms. The quantitative estimate of drug-likeness (QED) is 0.126. The van der Waals surface area contributed by atoms with Crippen molar-refractivity contribution in [3.05, 3.63) is 148 Å². The maximum absolute atomic E-state index is 15.1. The Balaban J connectivity index is 1.04. The number of halogens is 6. The molecule has 0 N–H and O–H groups in total. The summed E-state index contributed by atoms with van der Waals surface area (Å²) in [5.74, 6) is -3.54. The number of hydrogen-bond donors (Lipinski definition) is 0. The van der Waals surface area contributed by atoms with Gasteiger partial charge in [0.05, 0.1) is 27.9 Å². The number of carbonyl (C=O) groups excluding carboxylic acids is 4. The molecule has 0 aliphatic carbocycles. The highest BCUT2D eigenvalue weighted by atomic mass is 19.4. The molecule has 58 heavy (non-hydrogen) atoms. The first-order valence-corrected chi connectivity index (χ1v) is 17.5. The zero-order chi connectivity index (χ0) is 41.1. The van der Waals surface area contributed by atoms with Gasteiger partial charge in [0.1, 0.15) is 0 Å². The SMILES string of the molecule is Cc1ccc2cc(-c3nnc(-c4ccc5cc(N6C(=O)c7ccc(C(c8ccc9c(c8)C(=O)N(C)C9=O)(C(F)(F)F)C(F)(F)F)cc7C6=O)ccc5c4)o3)ccc2c1. The molecule has 15 heteroatoms. The number of amides is 4. The summed E-state index contributed by atoms with van der Waals surface area (Å²) in [6, 6.07) is 24.7. The van der Waals surface area contributed by atoms with E-state index >= 15 is 26.3 Å². The number of imide groups is 2. The zero-order valence-corrected chi connectivity index (χ0v) is 30.0. The molecular weight excluding hydrogens is 766 g/mol. The second-order valence-electron chi connectivity index (χ2n) is 14.1. The third-order valence-electron chi connectivity index (χ3n) is 10.7. The highest BCUT2D eigenvalue weighted by Gasteiger charge is 2.73. The Morgan fingerprint density at radius 2 is 0.948 bits per heavy atom. The minimum atomic E-state index is -6.08. The van der Waals surface area contributed by atoms with E-state index in [0.29, 0.717) is 56.3 Å². The van der Waals surface area contributed by atoms with Gasteiger partial charge in [0.25, 0.3) is 23.6 Å². The maximum Gasteiger partial charge on any atom is 0.411 e. The third-order valence-corrected chi connectivity index (χ3v) is 10.7. The predicted octanol–water partition coefficient (Wildman–Crippen LogP) is 9.46. The molecule has 1 aromatic heterocycles. The van der Waals surface area contributed by atoms with E-state index in [1.54, 1.807) is 24.3 Å². The molecule has 0 bridgehead atoms. The van der Waals surface area contributed by atoms with Gasteiger partial charge < -0.3 is 4.42 Å². The van der Waals surface area contributed by atoms with Crippen LogP contribution in [0.1, 0.15) is 58.1 Å². The van der Waals surface area contributed by atoms with Gasteiger partial charge in [0.2, 0.25) is 17.2 Å². The van der Waals surface area contributed by atoms with Crippen molar-refractivity contribution in [2.45, 2.75) is 24.7 Å². The van der Waals surface area contributed by atoms with Crippen molar-refractivity contribution in [2.24, 2.45) is 0 Å². The zero-order valence-electron chi connectivity index (χ0n) is 30.0. The van der Waals surface area contributed by atoms with Crippen molar-refractivity contribution in [3.8, 4) is 22.9 Å². The molecule has 2 aliphatic heterocycles. The molecule has 9 rings (SSSR count). The number of hydrogen-bond acceptors (Lipinski definition) is 7. The summed E-state index contributed by atoms with van der Waals surface area (Å²) in [7, 11) is 1.05. The van der Waals surface area contributed by atoms with Crippen molar-refractivity contribution in [1.29, 1.82) is 0 Å². The van der Waals surface area contributed by atoms with Crippen LogP contribution >= 0.6 is 0 Å². The van der Waals surface area contributed by atoms with Crippen molar-refractivity contribution in [2.75, 3.05) is 11.9 Å². The molecule has 6 aromatic carbocycles. The summed E-state index contributed by atoms with van der Waals surface area (Å²) in [5.41, 5.74) is -7.23. The van der Waals surface area contributed by atoms with Gasteiger partial charge in [-0.05, 0) is 100 Å². The first kappa shape index (κ1) is 36.5. The van der Waals surface area contributed by atoms with Crippen molar-refractivity contribution in [3.63, 3.8) is 0 Å². The Labute approximate surface area is 323 Å². The number of rotatable bonds is 5. The predicted molar refractivity (Wildman–Crippen MR) is 198 cm³/mol. The average molecular weight is 791 g/mol. The van der Waals surface area contributed by atoms with Crippen molar-refractivity contribution < 1.29 is 49.9 Å². The first-order valence-electron chi connectivity index (χ1n) is 17.5. The summed E-state index contributed by atoms with van der Waals surface area (Å²) in [4.78, 5) is 53.7. The van der Waals surface area contributed by atoms with Gasteiger partial charge in [0, 0.05) is 18.2 Å². The number of benzene rings is 6. The highest BCUT2D eigenvalue weighted by Crippen LogP contribution is 2.57. The van der Waals surface area contributed by atoms with Gasteiger partial charge in [-0.3, -0.25) is 24.1 Å². The van der Waals surface area contributed by atoms with E-state index < -0.39 is 69.2 Å². The van der Waals surface area contributed by atoms with Gasteiger partial charge in [-0.1, -0.05) is 54.1 Å². The average Bonchev–Trinajstić information content (AvgIpc) is 3.83. The normalized spacial score (nSPS) is 14.6. The van der Waals surface area contributed by atoms with Crippen LogP contribution in [0.2, 0.25) is 0 Å². The van der Waals surface area contributed by atoms with E-state index in [2.05, 4.69) is 16.3 Å². The Hall–Kier alpha value is -7.16. The van der Waals surface area contributed by atoms with E-state index in [1.165, 1.54) is 12.1 Å². The molecule has 0 saturated carbocycles. The van der Waals surface area contributed by atoms with Gasteiger partial charge in [-0.15, -0.1) is 10.2 Å². The minimum Gasteiger partial charge on any atom is -0.416 e. The number of nitrogens with zero attached hydrogens (tertiary/aromatic N) is 4. The summed E-state index contributed by atoms with van der Waals surface area (Å²) in [6.07, 6.45) is -12.2. The number of fused-ring (bicyclic) bond motifs is 4.